The van der Waals surface area contributed by atoms with E-state index in [1.807, 2.05) is 24.3 Å². The number of amides is 2. The summed E-state index contributed by atoms with van der Waals surface area (Å²) in [7, 11) is 1.50. The minimum Gasteiger partial charge on any atom is -0.476 e. The van der Waals surface area contributed by atoms with Crippen LogP contribution in [0.5, 0.6) is 0 Å². The summed E-state index contributed by atoms with van der Waals surface area (Å²) in [6.07, 6.45) is 1.40. The maximum absolute atomic E-state index is 12.5. The molecule has 3 aromatic rings. The van der Waals surface area contributed by atoms with E-state index >= 15 is 0 Å². The van der Waals surface area contributed by atoms with E-state index in [1.54, 1.807) is 0 Å². The van der Waals surface area contributed by atoms with Crippen molar-refractivity contribution in [2.24, 2.45) is 18.9 Å². The van der Waals surface area contributed by atoms with Crippen LogP contribution >= 0.6 is 0 Å². The second-order valence-corrected chi connectivity index (χ2v) is 8.63. The minimum atomic E-state index is -1.17. The molecule has 1 saturated carbocycles. The number of nitrogens with one attached hydrogen (secondary N) is 2. The topological polar surface area (TPSA) is 123 Å². The molecule has 9 nitrogen and oxygen atoms in total. The fourth-order valence-corrected chi connectivity index (χ4v) is 4.67. The maximum Gasteiger partial charge on any atom is 0.407 e. The number of carboxylic acids is 1. The van der Waals surface area contributed by atoms with Crippen LogP contribution in [0.25, 0.3) is 11.1 Å². The summed E-state index contributed by atoms with van der Waals surface area (Å²) >= 11 is 0. The highest BCUT2D eigenvalue weighted by Crippen LogP contribution is 2.44. The zero-order chi connectivity index (χ0) is 23.8. The molecule has 0 bridgehead atoms. The minimum absolute atomic E-state index is 0.0134. The van der Waals surface area contributed by atoms with Gasteiger partial charge in [-0.2, -0.15) is 5.10 Å². The summed E-state index contributed by atoms with van der Waals surface area (Å²) in [5.41, 5.74) is 4.70. The quantitative estimate of drug-likeness (QED) is 0.498. The van der Waals surface area contributed by atoms with E-state index in [1.165, 1.54) is 29.1 Å². The lowest BCUT2D eigenvalue weighted by atomic mass is 9.98. The van der Waals surface area contributed by atoms with Gasteiger partial charge in [0.15, 0.2) is 5.69 Å². The molecule has 174 valence electrons. The smallest absolute Gasteiger partial charge is 0.407 e. The Bertz CT molecular complexity index is 1240. The van der Waals surface area contributed by atoms with Crippen LogP contribution in [0.3, 0.4) is 0 Å². The number of aromatic carboxylic acids is 1. The molecular formula is C25H24N4O5. The third kappa shape index (κ3) is 4.00. The van der Waals surface area contributed by atoms with Crippen molar-refractivity contribution in [3.8, 4) is 11.1 Å². The highest BCUT2D eigenvalue weighted by molar-refractivity contribution is 6.00. The first-order chi connectivity index (χ1) is 16.4. The monoisotopic (exact) mass is 460 g/mol. The van der Waals surface area contributed by atoms with Crippen LogP contribution in [0.1, 0.15) is 34.0 Å². The average molecular weight is 460 g/mol. The Kier molecular flexibility index (Phi) is 5.53. The summed E-state index contributed by atoms with van der Waals surface area (Å²) in [5.74, 6) is -1.78. The van der Waals surface area contributed by atoms with Crippen molar-refractivity contribution in [1.29, 1.82) is 0 Å². The highest BCUT2D eigenvalue weighted by atomic mass is 16.5. The standard InChI is InChI=1S/C25H24N4O5/c1-29-22(24(31)32)21(12-27-29)28-23(30)19-10-14(19)11-26-25(33)34-13-20-17-8-4-2-6-15(17)16-7-3-5-9-18(16)20/h2-9,12,14,19-20H,10-11,13H2,1H3,(H,26,33)(H,28,30)(H,31,32)/t14-,19-/m1/s1. The molecule has 1 fully saturated rings. The molecule has 2 atom stereocenters. The number of benzene rings is 2. The van der Waals surface area contributed by atoms with Gasteiger partial charge in [0.25, 0.3) is 0 Å². The van der Waals surface area contributed by atoms with Crippen molar-refractivity contribution in [3.05, 3.63) is 71.5 Å². The summed E-state index contributed by atoms with van der Waals surface area (Å²) in [4.78, 5) is 36.1. The normalized spacial score (nSPS) is 18.0. The Morgan fingerprint density at radius 3 is 2.38 bits per heavy atom. The number of rotatable bonds is 7. The molecule has 2 aliphatic carbocycles. The van der Waals surface area contributed by atoms with E-state index in [9.17, 15) is 19.5 Å². The molecule has 0 unspecified atom stereocenters. The lowest BCUT2D eigenvalue weighted by Gasteiger charge is -2.14. The lowest BCUT2D eigenvalue weighted by Crippen LogP contribution is -2.29. The third-order valence-corrected chi connectivity index (χ3v) is 6.51. The molecule has 2 aromatic carbocycles. The maximum atomic E-state index is 12.5. The number of carboxylic acid groups (broad SMARTS) is 1. The predicted octanol–water partition coefficient (Wildman–Crippen LogP) is 3.23. The highest BCUT2D eigenvalue weighted by Gasteiger charge is 2.43. The van der Waals surface area contributed by atoms with Crippen molar-refractivity contribution >= 4 is 23.7 Å². The molecule has 0 radical (unpaired) electrons. The van der Waals surface area contributed by atoms with E-state index in [0.717, 1.165) is 11.1 Å². The van der Waals surface area contributed by atoms with Gasteiger partial charge < -0.3 is 20.5 Å². The van der Waals surface area contributed by atoms with Gasteiger partial charge in [0, 0.05) is 25.4 Å². The number of aromatic nitrogens is 2. The molecular weight excluding hydrogens is 436 g/mol. The van der Waals surface area contributed by atoms with Gasteiger partial charge in [0.2, 0.25) is 5.91 Å². The van der Waals surface area contributed by atoms with Gasteiger partial charge in [0.05, 0.1) is 11.9 Å². The number of hydrogen-bond donors (Lipinski definition) is 3. The van der Waals surface area contributed by atoms with Crippen LogP contribution in [0.4, 0.5) is 10.5 Å². The number of alkyl carbamates (subject to hydrolysis) is 1. The molecule has 1 aromatic heterocycles. The first kappa shape index (κ1) is 21.7. The van der Waals surface area contributed by atoms with Crippen molar-refractivity contribution in [3.63, 3.8) is 0 Å². The number of carbonyl (C=O) groups is 3. The van der Waals surface area contributed by atoms with Crippen molar-refractivity contribution in [2.45, 2.75) is 12.3 Å². The van der Waals surface area contributed by atoms with E-state index < -0.39 is 12.1 Å². The number of fused-ring (bicyclic) bond motifs is 3. The van der Waals surface area contributed by atoms with Gasteiger partial charge in [-0.15, -0.1) is 0 Å². The van der Waals surface area contributed by atoms with E-state index in [2.05, 4.69) is 40.0 Å². The van der Waals surface area contributed by atoms with Crippen LogP contribution in [-0.4, -0.2) is 46.0 Å². The van der Waals surface area contributed by atoms with Gasteiger partial charge in [-0.25, -0.2) is 9.59 Å². The van der Waals surface area contributed by atoms with Gasteiger partial charge in [-0.1, -0.05) is 48.5 Å². The van der Waals surface area contributed by atoms with Gasteiger partial charge in [-0.3, -0.25) is 9.48 Å². The van der Waals surface area contributed by atoms with Crippen LogP contribution in [0.2, 0.25) is 0 Å². The Hall–Kier alpha value is -4.14. The van der Waals surface area contributed by atoms with Crippen LogP contribution in [0, 0.1) is 11.8 Å². The van der Waals surface area contributed by atoms with E-state index in [0.29, 0.717) is 13.0 Å². The molecule has 0 saturated heterocycles. The molecule has 0 aliphatic heterocycles. The van der Waals surface area contributed by atoms with Crippen LogP contribution < -0.4 is 10.6 Å². The van der Waals surface area contributed by atoms with Gasteiger partial charge >= 0.3 is 12.1 Å². The number of ether oxygens (including phenoxy) is 1. The predicted molar refractivity (Wildman–Crippen MR) is 123 cm³/mol. The molecule has 0 spiro atoms. The van der Waals surface area contributed by atoms with Crippen molar-refractivity contribution < 1.29 is 24.2 Å². The Morgan fingerprint density at radius 2 is 1.74 bits per heavy atom. The first-order valence-corrected chi connectivity index (χ1v) is 11.1. The number of carbonyl (C=O) groups excluding carboxylic acids is 2. The number of hydrogen-bond acceptors (Lipinski definition) is 5. The van der Waals surface area contributed by atoms with E-state index in [-0.39, 0.29) is 41.6 Å². The number of aryl methyl sites for hydroxylation is 1. The van der Waals surface area contributed by atoms with Crippen LogP contribution in [0.15, 0.2) is 54.7 Å². The van der Waals surface area contributed by atoms with Crippen molar-refractivity contribution in [1.82, 2.24) is 15.1 Å². The van der Waals surface area contributed by atoms with Gasteiger partial charge in [0.1, 0.15) is 6.61 Å². The summed E-state index contributed by atoms with van der Waals surface area (Å²) in [6, 6.07) is 16.3. The summed E-state index contributed by atoms with van der Waals surface area (Å²) < 4.78 is 6.72. The zero-order valence-corrected chi connectivity index (χ0v) is 18.5. The average Bonchev–Trinajstić information content (AvgIpc) is 3.42. The van der Waals surface area contributed by atoms with Gasteiger partial charge in [-0.05, 0) is 34.6 Å². The number of nitrogens with zero attached hydrogens (tertiary/aromatic N) is 2. The van der Waals surface area contributed by atoms with E-state index in [4.69, 9.17) is 4.74 Å². The SMILES string of the molecule is Cn1ncc(NC(=O)[C@@H]2C[C@@H]2CNC(=O)OCC2c3ccccc3-c3ccccc32)c1C(=O)O. The van der Waals surface area contributed by atoms with Crippen LogP contribution in [-0.2, 0) is 16.6 Å². The summed E-state index contributed by atoms with van der Waals surface area (Å²) in [6.45, 7) is 0.543. The first-order valence-electron chi connectivity index (χ1n) is 11.1. The molecule has 34 heavy (non-hydrogen) atoms. The molecule has 1 heterocycles. The third-order valence-electron chi connectivity index (χ3n) is 6.51. The molecule has 2 amide bonds. The summed E-state index contributed by atoms with van der Waals surface area (Å²) in [5, 5.41) is 18.5. The molecule has 9 heteroatoms. The lowest BCUT2D eigenvalue weighted by molar-refractivity contribution is -0.117. The molecule has 3 N–H and O–H groups in total. The second-order valence-electron chi connectivity index (χ2n) is 8.63. The Balaban J connectivity index is 1.12. The molecule has 5 rings (SSSR count). The fourth-order valence-electron chi connectivity index (χ4n) is 4.67. The van der Waals surface area contributed by atoms with Crippen molar-refractivity contribution in [2.75, 3.05) is 18.5 Å². The Labute approximate surface area is 195 Å². The fraction of sp³-hybridized carbons (Fsp3) is 0.280. The molecule has 2 aliphatic rings. The zero-order valence-electron chi connectivity index (χ0n) is 18.5. The number of anilines is 1. The largest absolute Gasteiger partial charge is 0.476 e. The second kappa shape index (κ2) is 8.66. The Morgan fingerprint density at radius 1 is 1.09 bits per heavy atom.